The molecule has 0 fully saturated rings. The first kappa shape index (κ1) is 16.8. The molecule has 2 aromatic carbocycles. The SMILES string of the molecule is CC1=C(C(N)=O)C(c2cccc(OCc3ccccc3)c2)n2ncnc2N1. The van der Waals surface area contributed by atoms with Crippen LogP contribution >= 0.6 is 0 Å². The molecule has 0 bridgehead atoms. The van der Waals surface area contributed by atoms with Crippen LogP contribution in [-0.4, -0.2) is 20.7 Å². The van der Waals surface area contributed by atoms with E-state index in [-0.39, 0.29) is 0 Å². The van der Waals surface area contributed by atoms with Crippen molar-refractivity contribution in [2.75, 3.05) is 5.32 Å². The van der Waals surface area contributed by atoms with Gasteiger partial charge in [-0.15, -0.1) is 0 Å². The Morgan fingerprint density at radius 1 is 1.22 bits per heavy atom. The van der Waals surface area contributed by atoms with Crippen molar-refractivity contribution in [2.24, 2.45) is 5.73 Å². The molecule has 3 N–H and O–H groups in total. The minimum atomic E-state index is -0.498. The molecule has 0 spiro atoms. The van der Waals surface area contributed by atoms with E-state index in [9.17, 15) is 4.79 Å². The number of nitrogens with zero attached hydrogens (tertiary/aromatic N) is 3. The van der Waals surface area contributed by atoms with Gasteiger partial charge in [0.2, 0.25) is 11.9 Å². The summed E-state index contributed by atoms with van der Waals surface area (Å²) in [6.07, 6.45) is 1.45. The standard InChI is InChI=1S/C20H19N5O2/c1-13-17(19(21)26)18(25-20(24-13)22-12-23-25)15-8-5-9-16(10-15)27-11-14-6-3-2-4-7-14/h2-10,12,18H,11H2,1H3,(H2,21,26)(H,22,23,24). The summed E-state index contributed by atoms with van der Waals surface area (Å²) in [7, 11) is 0. The molecule has 27 heavy (non-hydrogen) atoms. The van der Waals surface area contributed by atoms with Crippen molar-refractivity contribution in [3.63, 3.8) is 0 Å². The molecule has 0 aliphatic carbocycles. The molecule has 1 atom stereocenters. The Hall–Kier alpha value is -3.61. The monoisotopic (exact) mass is 361 g/mol. The van der Waals surface area contributed by atoms with E-state index in [4.69, 9.17) is 10.5 Å². The van der Waals surface area contributed by atoms with Gasteiger partial charge in [0.05, 0.1) is 5.57 Å². The molecule has 2 heterocycles. The molecule has 1 aromatic heterocycles. The molecule has 3 aromatic rings. The summed E-state index contributed by atoms with van der Waals surface area (Å²) in [5.41, 5.74) is 8.71. The van der Waals surface area contributed by atoms with Gasteiger partial charge in [-0.2, -0.15) is 10.1 Å². The second kappa shape index (κ2) is 6.95. The van der Waals surface area contributed by atoms with Gasteiger partial charge < -0.3 is 15.8 Å². The highest BCUT2D eigenvalue weighted by molar-refractivity contribution is 5.95. The summed E-state index contributed by atoms with van der Waals surface area (Å²) in [6, 6.07) is 17.1. The summed E-state index contributed by atoms with van der Waals surface area (Å²) in [4.78, 5) is 16.3. The normalized spacial score (nSPS) is 15.8. The Bertz CT molecular complexity index is 1010. The molecule has 1 aliphatic rings. The number of anilines is 1. The Kier molecular flexibility index (Phi) is 4.33. The fourth-order valence-corrected chi connectivity index (χ4v) is 3.23. The fourth-order valence-electron chi connectivity index (χ4n) is 3.23. The van der Waals surface area contributed by atoms with Gasteiger partial charge in [0.25, 0.3) is 0 Å². The van der Waals surface area contributed by atoms with E-state index < -0.39 is 11.9 Å². The third kappa shape index (κ3) is 3.27. The number of primary amides is 1. The number of fused-ring (bicyclic) bond motifs is 1. The highest BCUT2D eigenvalue weighted by atomic mass is 16.5. The summed E-state index contributed by atoms with van der Waals surface area (Å²) >= 11 is 0. The van der Waals surface area contributed by atoms with E-state index in [1.165, 1.54) is 6.33 Å². The van der Waals surface area contributed by atoms with Gasteiger partial charge in [-0.1, -0.05) is 42.5 Å². The Balaban J connectivity index is 1.67. The third-order valence-corrected chi connectivity index (χ3v) is 4.48. The predicted octanol–water partition coefficient (Wildman–Crippen LogP) is 2.63. The highest BCUT2D eigenvalue weighted by Gasteiger charge is 2.32. The summed E-state index contributed by atoms with van der Waals surface area (Å²) in [6.45, 7) is 2.27. The number of rotatable bonds is 5. The fraction of sp³-hybridized carbons (Fsp3) is 0.150. The summed E-state index contributed by atoms with van der Waals surface area (Å²) in [5, 5.41) is 7.33. The first-order chi connectivity index (χ1) is 13.1. The van der Waals surface area contributed by atoms with Crippen LogP contribution in [-0.2, 0) is 11.4 Å². The number of ether oxygens (including phenoxy) is 1. The van der Waals surface area contributed by atoms with Gasteiger partial charge in [-0.3, -0.25) is 4.79 Å². The van der Waals surface area contributed by atoms with Crippen molar-refractivity contribution in [3.05, 3.63) is 83.3 Å². The largest absolute Gasteiger partial charge is 0.489 e. The molecule has 0 radical (unpaired) electrons. The zero-order chi connectivity index (χ0) is 18.8. The average Bonchev–Trinajstić information content (AvgIpc) is 3.14. The molecule has 1 unspecified atom stereocenters. The first-order valence-electron chi connectivity index (χ1n) is 8.57. The lowest BCUT2D eigenvalue weighted by Gasteiger charge is -2.27. The van der Waals surface area contributed by atoms with E-state index in [2.05, 4.69) is 15.4 Å². The number of nitrogens with one attached hydrogen (secondary N) is 1. The second-order valence-corrected chi connectivity index (χ2v) is 6.31. The van der Waals surface area contributed by atoms with Crippen molar-refractivity contribution in [3.8, 4) is 5.75 Å². The maximum atomic E-state index is 12.1. The van der Waals surface area contributed by atoms with Gasteiger partial charge in [0, 0.05) is 5.70 Å². The van der Waals surface area contributed by atoms with E-state index in [1.54, 1.807) is 11.6 Å². The molecule has 136 valence electrons. The number of amides is 1. The lowest BCUT2D eigenvalue weighted by molar-refractivity contribution is -0.115. The summed E-state index contributed by atoms with van der Waals surface area (Å²) in [5.74, 6) is 0.776. The molecule has 7 heteroatoms. The molecule has 0 saturated heterocycles. The van der Waals surface area contributed by atoms with Crippen molar-refractivity contribution in [1.29, 1.82) is 0 Å². The van der Waals surface area contributed by atoms with Gasteiger partial charge in [0.15, 0.2) is 0 Å². The zero-order valence-corrected chi connectivity index (χ0v) is 14.8. The van der Waals surface area contributed by atoms with Crippen LogP contribution in [0.5, 0.6) is 5.75 Å². The van der Waals surface area contributed by atoms with Crippen molar-refractivity contribution in [2.45, 2.75) is 19.6 Å². The van der Waals surface area contributed by atoms with E-state index in [0.29, 0.717) is 29.6 Å². The first-order valence-corrected chi connectivity index (χ1v) is 8.57. The Morgan fingerprint density at radius 3 is 2.81 bits per heavy atom. The molecular formula is C20H19N5O2. The zero-order valence-electron chi connectivity index (χ0n) is 14.8. The predicted molar refractivity (Wildman–Crippen MR) is 101 cm³/mol. The van der Waals surface area contributed by atoms with Crippen molar-refractivity contribution in [1.82, 2.24) is 14.8 Å². The topological polar surface area (TPSA) is 95.1 Å². The molecule has 1 aliphatic heterocycles. The maximum Gasteiger partial charge on any atom is 0.248 e. The smallest absolute Gasteiger partial charge is 0.248 e. The number of hydrogen-bond donors (Lipinski definition) is 2. The molecule has 4 rings (SSSR count). The number of hydrogen-bond acceptors (Lipinski definition) is 5. The number of carbonyl (C=O) groups is 1. The lowest BCUT2D eigenvalue weighted by Crippen LogP contribution is -2.31. The van der Waals surface area contributed by atoms with E-state index in [1.807, 2.05) is 54.6 Å². The van der Waals surface area contributed by atoms with Crippen LogP contribution in [0.3, 0.4) is 0 Å². The average molecular weight is 361 g/mol. The quantitative estimate of drug-likeness (QED) is 0.728. The van der Waals surface area contributed by atoms with Crippen molar-refractivity contribution < 1.29 is 9.53 Å². The molecule has 0 saturated carbocycles. The van der Waals surface area contributed by atoms with Crippen LogP contribution in [0.1, 0.15) is 24.1 Å². The van der Waals surface area contributed by atoms with Crippen LogP contribution in [0.25, 0.3) is 0 Å². The van der Waals surface area contributed by atoms with Crippen LogP contribution in [0.2, 0.25) is 0 Å². The minimum Gasteiger partial charge on any atom is -0.489 e. The van der Waals surface area contributed by atoms with Crippen LogP contribution < -0.4 is 15.8 Å². The number of nitrogens with two attached hydrogens (primary N) is 1. The van der Waals surface area contributed by atoms with Gasteiger partial charge in [-0.25, -0.2) is 4.68 Å². The third-order valence-electron chi connectivity index (χ3n) is 4.48. The number of benzene rings is 2. The molecule has 1 amide bonds. The van der Waals surface area contributed by atoms with E-state index in [0.717, 1.165) is 11.1 Å². The van der Waals surface area contributed by atoms with Crippen LogP contribution in [0.15, 0.2) is 72.2 Å². The van der Waals surface area contributed by atoms with Crippen molar-refractivity contribution >= 4 is 11.9 Å². The van der Waals surface area contributed by atoms with Gasteiger partial charge in [0.1, 0.15) is 24.7 Å². The van der Waals surface area contributed by atoms with E-state index >= 15 is 0 Å². The van der Waals surface area contributed by atoms with Gasteiger partial charge in [-0.05, 0) is 30.2 Å². The maximum absolute atomic E-state index is 12.1. The van der Waals surface area contributed by atoms with Crippen LogP contribution in [0, 0.1) is 0 Å². The number of aromatic nitrogens is 3. The summed E-state index contributed by atoms with van der Waals surface area (Å²) < 4.78 is 7.58. The number of carbonyl (C=O) groups excluding carboxylic acids is 1. The second-order valence-electron chi connectivity index (χ2n) is 6.31. The lowest BCUT2D eigenvalue weighted by atomic mass is 9.95. The molecular weight excluding hydrogens is 342 g/mol. The highest BCUT2D eigenvalue weighted by Crippen LogP contribution is 2.35. The Labute approximate surface area is 156 Å². The van der Waals surface area contributed by atoms with Gasteiger partial charge >= 0.3 is 0 Å². The Morgan fingerprint density at radius 2 is 2.04 bits per heavy atom. The molecule has 7 nitrogen and oxygen atoms in total. The number of allylic oxidation sites excluding steroid dienone is 1. The minimum absolute atomic E-state index is 0.452. The van der Waals surface area contributed by atoms with Crippen LogP contribution in [0.4, 0.5) is 5.95 Å².